The maximum Gasteiger partial charge on any atom is 0.191 e. The van der Waals surface area contributed by atoms with Crippen LogP contribution in [0.3, 0.4) is 0 Å². The van der Waals surface area contributed by atoms with E-state index in [1.54, 1.807) is 0 Å². The van der Waals surface area contributed by atoms with Gasteiger partial charge in [-0.15, -0.1) is 0 Å². The van der Waals surface area contributed by atoms with Gasteiger partial charge in [-0.05, 0) is 24.6 Å². The van der Waals surface area contributed by atoms with Gasteiger partial charge in [0, 0.05) is 6.61 Å². The Bertz CT molecular complexity index is 302. The maximum atomic E-state index is 6.32. The quantitative estimate of drug-likeness (QED) is 0.408. The summed E-state index contributed by atoms with van der Waals surface area (Å²) >= 11 is 0. The molecule has 0 aromatic rings. The van der Waals surface area contributed by atoms with Gasteiger partial charge in [0.1, 0.15) is 6.71 Å². The molecule has 0 aromatic carbocycles. The van der Waals surface area contributed by atoms with E-state index in [2.05, 4.69) is 33.9 Å². The highest BCUT2D eigenvalue weighted by atomic mass is 28.4. The summed E-state index contributed by atoms with van der Waals surface area (Å²) in [5.41, 5.74) is 0. The van der Waals surface area contributed by atoms with Crippen molar-refractivity contribution in [2.45, 2.75) is 108 Å². The van der Waals surface area contributed by atoms with Crippen LogP contribution in [0.4, 0.5) is 0 Å². The van der Waals surface area contributed by atoms with Crippen molar-refractivity contribution in [3.8, 4) is 0 Å². The van der Waals surface area contributed by atoms with Crippen molar-refractivity contribution in [2.75, 3.05) is 6.61 Å². The van der Waals surface area contributed by atoms with Gasteiger partial charge in [0.15, 0.2) is 8.32 Å². The van der Waals surface area contributed by atoms with Crippen molar-refractivity contribution < 1.29 is 4.43 Å². The van der Waals surface area contributed by atoms with Crippen LogP contribution in [0, 0.1) is 0 Å². The van der Waals surface area contributed by atoms with Crippen LogP contribution >= 0.6 is 0 Å². The van der Waals surface area contributed by atoms with Crippen molar-refractivity contribution >= 4 is 15.0 Å². The van der Waals surface area contributed by atoms with Gasteiger partial charge < -0.3 is 4.43 Å². The summed E-state index contributed by atoms with van der Waals surface area (Å²) in [4.78, 5) is 0. The monoisotopic (exact) mass is 308 g/mol. The Kier molecular flexibility index (Phi) is 6.04. The molecule has 2 bridgehead atoms. The molecule has 2 saturated heterocycles. The summed E-state index contributed by atoms with van der Waals surface area (Å²) in [5.74, 6) is 2.16. The molecule has 2 aliphatic rings. The lowest BCUT2D eigenvalue weighted by atomic mass is 9.26. The summed E-state index contributed by atoms with van der Waals surface area (Å²) in [6, 6.07) is 0. The third-order valence-corrected chi connectivity index (χ3v) is 11.2. The molecule has 0 amide bonds. The molecule has 21 heavy (non-hydrogen) atoms. The zero-order valence-corrected chi connectivity index (χ0v) is 16.2. The summed E-state index contributed by atoms with van der Waals surface area (Å²) in [5, 5.41) is 0.355. The normalized spacial score (nSPS) is 27.0. The molecule has 0 aliphatic carbocycles. The lowest BCUT2D eigenvalue weighted by molar-refractivity contribution is 0.280. The topological polar surface area (TPSA) is 9.23 Å². The van der Waals surface area contributed by atoms with Crippen molar-refractivity contribution in [3.63, 3.8) is 0 Å². The van der Waals surface area contributed by atoms with Crippen LogP contribution in [0.25, 0.3) is 0 Å². The highest BCUT2D eigenvalue weighted by molar-refractivity contribution is 6.74. The second kappa shape index (κ2) is 7.21. The Hall–Kier alpha value is 0.242. The first-order valence-corrected chi connectivity index (χ1v) is 12.4. The minimum Gasteiger partial charge on any atom is -0.417 e. The minimum absolute atomic E-state index is 0.355. The van der Waals surface area contributed by atoms with Gasteiger partial charge in [0.25, 0.3) is 0 Å². The maximum absolute atomic E-state index is 6.32. The second-order valence-corrected chi connectivity index (χ2v) is 14.0. The molecule has 0 N–H and O–H groups in total. The molecule has 0 saturated carbocycles. The predicted molar refractivity (Wildman–Crippen MR) is 98.1 cm³/mol. The third kappa shape index (κ3) is 4.61. The molecule has 2 fully saturated rings. The first-order chi connectivity index (χ1) is 9.81. The van der Waals surface area contributed by atoms with Gasteiger partial charge >= 0.3 is 0 Å². The van der Waals surface area contributed by atoms with Gasteiger partial charge in [0.2, 0.25) is 0 Å². The van der Waals surface area contributed by atoms with Crippen LogP contribution in [0.1, 0.15) is 72.1 Å². The third-order valence-electron chi connectivity index (χ3n) is 6.71. The molecule has 2 aliphatic heterocycles. The Morgan fingerprint density at radius 2 is 1.48 bits per heavy atom. The smallest absolute Gasteiger partial charge is 0.191 e. The molecule has 3 heteroatoms. The molecule has 0 spiro atoms. The predicted octanol–water partition coefficient (Wildman–Crippen LogP) is 6.39. The van der Waals surface area contributed by atoms with Gasteiger partial charge in [-0.1, -0.05) is 83.7 Å². The summed E-state index contributed by atoms with van der Waals surface area (Å²) in [6.07, 6.45) is 13.3. The van der Waals surface area contributed by atoms with E-state index in [9.17, 15) is 0 Å². The molecule has 2 heterocycles. The van der Waals surface area contributed by atoms with E-state index in [1.165, 1.54) is 57.7 Å². The zero-order chi connectivity index (χ0) is 15.5. The minimum atomic E-state index is -1.52. The fraction of sp³-hybridized carbons (Fsp3) is 1.00. The first kappa shape index (κ1) is 17.6. The fourth-order valence-electron chi connectivity index (χ4n) is 4.31. The molecule has 122 valence electrons. The van der Waals surface area contributed by atoms with E-state index in [-0.39, 0.29) is 0 Å². The molecule has 0 radical (unpaired) electrons. The van der Waals surface area contributed by atoms with E-state index >= 15 is 0 Å². The Morgan fingerprint density at radius 3 is 1.95 bits per heavy atom. The summed E-state index contributed by atoms with van der Waals surface area (Å²) in [7, 11) is -1.52. The molecule has 0 atom stereocenters. The van der Waals surface area contributed by atoms with Crippen LogP contribution in [0.15, 0.2) is 0 Å². The van der Waals surface area contributed by atoms with E-state index in [0.29, 0.717) is 5.04 Å². The van der Waals surface area contributed by atoms with Crippen LogP contribution in [0.5, 0.6) is 0 Å². The molecule has 0 unspecified atom stereocenters. The molecule has 0 aromatic heterocycles. The van der Waals surface area contributed by atoms with Gasteiger partial charge in [0.05, 0.1) is 0 Å². The Labute approximate surface area is 134 Å². The lowest BCUT2D eigenvalue weighted by Gasteiger charge is -2.41. The van der Waals surface area contributed by atoms with Crippen LogP contribution in [-0.4, -0.2) is 21.6 Å². The van der Waals surface area contributed by atoms with Crippen molar-refractivity contribution in [3.05, 3.63) is 0 Å². The largest absolute Gasteiger partial charge is 0.417 e. The van der Waals surface area contributed by atoms with E-state index in [4.69, 9.17) is 4.43 Å². The van der Waals surface area contributed by atoms with Crippen LogP contribution in [-0.2, 0) is 4.43 Å². The van der Waals surface area contributed by atoms with Crippen molar-refractivity contribution in [1.29, 1.82) is 0 Å². The number of unbranched alkanes of at least 4 members (excludes halogenated alkanes) is 1. The number of fused-ring (bicyclic) bond motifs is 2. The molecular formula is C18H37BOSi. The zero-order valence-electron chi connectivity index (χ0n) is 15.2. The highest BCUT2D eigenvalue weighted by Gasteiger charge is 2.39. The SMILES string of the molecule is CC(C)(C)[Si](C)(C)OCCCCB1C2CCCC1CCC2. The van der Waals surface area contributed by atoms with Crippen LogP contribution < -0.4 is 0 Å². The van der Waals surface area contributed by atoms with E-state index in [1.807, 2.05) is 0 Å². The van der Waals surface area contributed by atoms with E-state index in [0.717, 1.165) is 25.0 Å². The van der Waals surface area contributed by atoms with Gasteiger partial charge in [-0.2, -0.15) is 0 Å². The Morgan fingerprint density at radius 1 is 0.952 bits per heavy atom. The van der Waals surface area contributed by atoms with E-state index < -0.39 is 8.32 Å². The highest BCUT2D eigenvalue weighted by Crippen LogP contribution is 2.48. The number of hydrogen-bond acceptors (Lipinski definition) is 1. The number of hydrogen-bond donors (Lipinski definition) is 0. The molecular weight excluding hydrogens is 271 g/mol. The average Bonchev–Trinajstić information content (AvgIpc) is 2.36. The lowest BCUT2D eigenvalue weighted by Crippen LogP contribution is -2.41. The standard InChI is InChI=1S/C18H37BOSi/c1-18(2,3)21(4,5)20-15-7-6-14-19-16-10-8-11-17(19)13-9-12-16/h16-17H,6-15H2,1-5H3. The van der Waals surface area contributed by atoms with Gasteiger partial charge in [-0.3, -0.25) is 0 Å². The average molecular weight is 308 g/mol. The Balaban J connectivity index is 1.66. The number of rotatable bonds is 6. The molecule has 2 rings (SSSR count). The molecule has 1 nitrogen and oxygen atoms in total. The first-order valence-electron chi connectivity index (χ1n) is 9.45. The second-order valence-electron chi connectivity index (χ2n) is 9.15. The van der Waals surface area contributed by atoms with Crippen molar-refractivity contribution in [1.82, 2.24) is 0 Å². The van der Waals surface area contributed by atoms with Crippen molar-refractivity contribution in [2.24, 2.45) is 0 Å². The fourth-order valence-corrected chi connectivity index (χ4v) is 5.40. The summed E-state index contributed by atoms with van der Waals surface area (Å²) in [6.45, 7) is 13.8. The summed E-state index contributed by atoms with van der Waals surface area (Å²) < 4.78 is 6.32. The van der Waals surface area contributed by atoms with Gasteiger partial charge in [-0.25, -0.2) is 0 Å². The van der Waals surface area contributed by atoms with Crippen LogP contribution in [0.2, 0.25) is 36.1 Å².